The number of halogens is 2. The van der Waals surface area contributed by atoms with Crippen molar-refractivity contribution in [3.05, 3.63) is 11.6 Å². The second-order valence-corrected chi connectivity index (χ2v) is 4.36. The van der Waals surface area contributed by atoms with E-state index in [1.165, 1.54) is 7.85 Å². The summed E-state index contributed by atoms with van der Waals surface area (Å²) in [5.74, 6) is -0.889. The van der Waals surface area contributed by atoms with Crippen LogP contribution < -0.4 is 21.0 Å². The van der Waals surface area contributed by atoms with E-state index in [0.717, 1.165) is 0 Å². The number of hydrogen-bond acceptors (Lipinski definition) is 1. The Kier molecular flexibility index (Phi) is 3.77. The van der Waals surface area contributed by atoms with Crippen LogP contribution in [0.4, 0.5) is 8.78 Å². The molecule has 0 amide bonds. The van der Waals surface area contributed by atoms with Gasteiger partial charge in [0.2, 0.25) is 0 Å². The lowest BCUT2D eigenvalue weighted by atomic mass is 9.85. The van der Waals surface area contributed by atoms with Crippen molar-refractivity contribution in [2.24, 2.45) is 0 Å². The predicted octanol–water partition coefficient (Wildman–Crippen LogP) is -1.23. The summed E-state index contributed by atoms with van der Waals surface area (Å²) in [7, 11) is 5.27. The molecule has 0 bridgehead atoms. The zero-order valence-corrected chi connectivity index (χ0v) is 10.5. The minimum Gasteiger partial charge on any atom is -0.488 e. The first-order valence-electron chi connectivity index (χ1n) is 4.76. The van der Waals surface area contributed by atoms with Crippen LogP contribution in [0.2, 0.25) is 0 Å². The molecule has 0 fully saturated rings. The Morgan fingerprint density at radius 3 is 2.13 bits per heavy atom. The molecule has 1 unspecified atom stereocenters. The third-order valence-corrected chi connectivity index (χ3v) is 2.88. The summed E-state index contributed by atoms with van der Waals surface area (Å²) < 4.78 is 32.6. The molecule has 80 valence electrons. The first kappa shape index (κ1) is 12.5. The molecule has 0 heterocycles. The average Bonchev–Trinajstić information content (AvgIpc) is 2.18. The molecule has 0 aromatic heterocycles. The number of benzene rings is 1. The van der Waals surface area contributed by atoms with Crippen molar-refractivity contribution in [2.45, 2.75) is 20.0 Å². The van der Waals surface area contributed by atoms with Crippen molar-refractivity contribution >= 4 is 41.2 Å². The highest BCUT2D eigenvalue weighted by Crippen LogP contribution is 2.15. The highest BCUT2D eigenvalue weighted by Gasteiger charge is 2.18. The first-order valence-corrected chi connectivity index (χ1v) is 5.34. The largest absolute Gasteiger partial charge is 0.488 e. The van der Waals surface area contributed by atoms with Gasteiger partial charge in [-0.1, -0.05) is 0 Å². The maximum atomic E-state index is 13.8. The zero-order chi connectivity index (χ0) is 11.7. The van der Waals surface area contributed by atoms with E-state index in [1.54, 1.807) is 21.7 Å². The van der Waals surface area contributed by atoms with Crippen molar-refractivity contribution in [3.8, 4) is 5.75 Å². The van der Waals surface area contributed by atoms with Crippen molar-refractivity contribution < 1.29 is 13.5 Å². The van der Waals surface area contributed by atoms with Gasteiger partial charge in [0.05, 0.1) is 6.10 Å². The predicted molar refractivity (Wildman–Crippen MR) is 67.8 cm³/mol. The summed E-state index contributed by atoms with van der Waals surface area (Å²) in [4.78, 5) is 0. The van der Waals surface area contributed by atoms with Crippen LogP contribution in [0.1, 0.15) is 13.8 Å². The van der Waals surface area contributed by atoms with Gasteiger partial charge in [-0.15, -0.1) is 9.24 Å². The Balaban J connectivity index is 3.39. The van der Waals surface area contributed by atoms with Gasteiger partial charge in [-0.3, -0.25) is 0 Å². The second-order valence-electron chi connectivity index (χ2n) is 3.79. The monoisotopic (exact) mass is 228 g/mol. The smallest absolute Gasteiger partial charge is 0.171 e. The van der Waals surface area contributed by atoms with Crippen LogP contribution in [0.5, 0.6) is 5.75 Å². The van der Waals surface area contributed by atoms with E-state index in [0.29, 0.717) is 5.46 Å². The van der Waals surface area contributed by atoms with E-state index < -0.39 is 11.6 Å². The van der Waals surface area contributed by atoms with Crippen LogP contribution in [0, 0.1) is 11.6 Å². The van der Waals surface area contributed by atoms with Gasteiger partial charge in [-0.25, -0.2) is 8.78 Å². The Labute approximate surface area is 92.6 Å². The van der Waals surface area contributed by atoms with E-state index >= 15 is 0 Å². The third-order valence-electron chi connectivity index (χ3n) is 2.19. The van der Waals surface area contributed by atoms with Gasteiger partial charge in [0.25, 0.3) is 0 Å². The number of hydrogen-bond donors (Lipinski definition) is 0. The van der Waals surface area contributed by atoms with E-state index in [4.69, 9.17) is 4.74 Å². The molecule has 0 spiro atoms. The molecule has 0 saturated carbocycles. The van der Waals surface area contributed by atoms with E-state index in [9.17, 15) is 8.78 Å². The fraction of sp³-hybridized carbons (Fsp3) is 0.333. The summed E-state index contributed by atoms with van der Waals surface area (Å²) >= 11 is 0. The lowest BCUT2D eigenvalue weighted by Gasteiger charge is -2.17. The van der Waals surface area contributed by atoms with E-state index in [2.05, 4.69) is 9.24 Å². The van der Waals surface area contributed by atoms with E-state index in [1.807, 2.05) is 0 Å². The second kappa shape index (κ2) is 4.52. The number of rotatable bonds is 2. The van der Waals surface area contributed by atoms with Crippen LogP contribution >= 0.6 is 9.24 Å². The molecule has 1 aromatic carbocycles. The minimum absolute atomic E-state index is 0.0121. The molecule has 1 aromatic rings. The van der Waals surface area contributed by atoms with Gasteiger partial charge < -0.3 is 4.74 Å². The van der Waals surface area contributed by atoms with Crippen LogP contribution in [0.15, 0.2) is 0 Å². The lowest BCUT2D eigenvalue weighted by molar-refractivity contribution is 0.233. The lowest BCUT2D eigenvalue weighted by Crippen LogP contribution is -2.35. The summed E-state index contributed by atoms with van der Waals surface area (Å²) in [5, 5.41) is 0.230. The Morgan fingerprint density at radius 2 is 1.67 bits per heavy atom. The quantitative estimate of drug-likeness (QED) is 0.454. The molecule has 1 rings (SSSR count). The molecule has 15 heavy (non-hydrogen) atoms. The van der Waals surface area contributed by atoms with Gasteiger partial charge in [0.1, 0.15) is 21.5 Å². The topological polar surface area (TPSA) is 9.23 Å². The highest BCUT2D eigenvalue weighted by molar-refractivity contribution is 7.28. The minimum atomic E-state index is -0.495. The highest BCUT2D eigenvalue weighted by atomic mass is 31.0. The van der Waals surface area contributed by atoms with E-state index in [-0.39, 0.29) is 22.6 Å². The molecule has 0 aliphatic carbocycles. The van der Waals surface area contributed by atoms with Gasteiger partial charge >= 0.3 is 0 Å². The average molecular weight is 228 g/mol. The molecule has 0 radical (unpaired) electrons. The van der Waals surface area contributed by atoms with Crippen LogP contribution in [-0.2, 0) is 0 Å². The van der Waals surface area contributed by atoms with Crippen molar-refractivity contribution in [2.75, 3.05) is 0 Å². The molecular weight excluding hydrogens is 215 g/mol. The SMILES string of the molecule is Bc1c(F)c(B)c(OC(C)C)c(F)c1P. The van der Waals surface area contributed by atoms with Crippen molar-refractivity contribution in [3.63, 3.8) is 0 Å². The normalized spacial score (nSPS) is 10.8. The molecule has 6 heteroatoms. The molecule has 0 aliphatic rings. The number of ether oxygens (including phenoxy) is 1. The zero-order valence-electron chi connectivity index (χ0n) is 9.32. The fourth-order valence-corrected chi connectivity index (χ4v) is 1.58. The summed E-state index contributed by atoms with van der Waals surface area (Å²) in [5.41, 5.74) is 0.538. The summed E-state index contributed by atoms with van der Waals surface area (Å²) in [6.07, 6.45) is -0.176. The van der Waals surface area contributed by atoms with Crippen LogP contribution in [0.25, 0.3) is 0 Å². The molecule has 0 N–H and O–H groups in total. The van der Waals surface area contributed by atoms with Crippen molar-refractivity contribution in [1.82, 2.24) is 0 Å². The molecule has 1 nitrogen and oxygen atoms in total. The first-order chi connectivity index (χ1) is 6.86. The standard InChI is InChI=1S/C9H13B2F2OP/c1-3(2)14-8-4(10)6(12)5(11)9(15)7(8)13/h3H,10-11,15H2,1-2H3. The van der Waals surface area contributed by atoms with Gasteiger partial charge in [-0.05, 0) is 24.8 Å². The molecule has 1 atom stereocenters. The van der Waals surface area contributed by atoms with Gasteiger partial charge in [0, 0.05) is 5.30 Å². The Morgan fingerprint density at radius 1 is 1.13 bits per heavy atom. The van der Waals surface area contributed by atoms with Crippen molar-refractivity contribution in [1.29, 1.82) is 0 Å². The Hall–Kier alpha value is -0.560. The van der Waals surface area contributed by atoms with Gasteiger partial charge in [0.15, 0.2) is 11.6 Å². The van der Waals surface area contributed by atoms with Crippen LogP contribution in [-0.4, -0.2) is 21.8 Å². The van der Waals surface area contributed by atoms with Crippen LogP contribution in [0.3, 0.4) is 0 Å². The maximum Gasteiger partial charge on any atom is 0.171 e. The summed E-state index contributed by atoms with van der Waals surface area (Å²) in [6, 6.07) is 0. The fourth-order valence-electron chi connectivity index (χ4n) is 1.33. The maximum absolute atomic E-state index is 13.8. The third kappa shape index (κ3) is 2.34. The molecular formula is C9H13B2F2OP. The van der Waals surface area contributed by atoms with Gasteiger partial charge in [-0.2, -0.15) is 0 Å². The molecule has 0 saturated heterocycles. The summed E-state index contributed by atoms with van der Waals surface area (Å²) in [6.45, 7) is 3.55. The molecule has 0 aliphatic heterocycles. The Bertz CT molecular complexity index is 367.